The Morgan fingerprint density at radius 2 is 1.88 bits per heavy atom. The van der Waals surface area contributed by atoms with Crippen molar-refractivity contribution in [3.8, 4) is 0 Å². The maximum atomic E-state index is 11.5. The molecule has 0 fully saturated rings. The molecular weight excluding hydrogens is 462 g/mol. The number of rotatable bonds is 3. The molecule has 24 heavy (non-hydrogen) atoms. The molecule has 1 aliphatic rings. The number of anilines is 1. The first-order valence-electron chi connectivity index (χ1n) is 7.20. The smallest absolute Gasteiger partial charge is 0.352 e. The summed E-state index contributed by atoms with van der Waals surface area (Å²) in [5.74, 6) is -1.31. The van der Waals surface area contributed by atoms with Crippen molar-refractivity contribution in [3.05, 3.63) is 61.6 Å². The van der Waals surface area contributed by atoms with Crippen LogP contribution in [-0.4, -0.2) is 16.8 Å². The van der Waals surface area contributed by atoms with E-state index in [1.165, 1.54) is 0 Å². The number of carboxylic acids is 1. The van der Waals surface area contributed by atoms with Gasteiger partial charge < -0.3 is 5.11 Å². The number of hydrogen-bond donors (Lipinski definition) is 1. The zero-order valence-corrected chi connectivity index (χ0v) is 16.2. The molecule has 0 unspecified atom stereocenters. The number of halogens is 3. The predicted molar refractivity (Wildman–Crippen MR) is 105 cm³/mol. The van der Waals surface area contributed by atoms with Crippen LogP contribution in [0.25, 0.3) is 0 Å². The van der Waals surface area contributed by atoms with Crippen LogP contribution in [0.4, 0.5) is 5.69 Å². The largest absolute Gasteiger partial charge is 0.477 e. The third kappa shape index (κ3) is 3.25. The number of carboxylic acid groups (broad SMARTS) is 1. The van der Waals surface area contributed by atoms with Crippen LogP contribution in [0.3, 0.4) is 0 Å². The fourth-order valence-electron chi connectivity index (χ4n) is 2.83. The van der Waals surface area contributed by atoms with Gasteiger partial charge in [-0.05, 0) is 58.5 Å². The topological polar surface area (TPSA) is 52.9 Å². The molecule has 1 aliphatic heterocycles. The highest BCUT2D eigenvalue weighted by Crippen LogP contribution is 2.42. The summed E-state index contributed by atoms with van der Waals surface area (Å²) in [7, 11) is 0. The Morgan fingerprint density at radius 3 is 2.46 bits per heavy atom. The van der Waals surface area contributed by atoms with Crippen LogP contribution < -0.4 is 5.01 Å². The number of hydrazone groups is 1. The summed E-state index contributed by atoms with van der Waals surface area (Å²) in [5.41, 5.74) is 1.73. The molecule has 1 heterocycles. The van der Waals surface area contributed by atoms with E-state index in [-0.39, 0.29) is 17.7 Å². The summed E-state index contributed by atoms with van der Waals surface area (Å²) in [5, 5.41) is 16.4. The van der Waals surface area contributed by atoms with Crippen LogP contribution in [0.15, 0.2) is 47.6 Å². The lowest BCUT2D eigenvalue weighted by molar-refractivity contribution is -0.129. The van der Waals surface area contributed by atoms with Crippen molar-refractivity contribution >= 4 is 63.2 Å². The van der Waals surface area contributed by atoms with Crippen molar-refractivity contribution in [2.24, 2.45) is 11.0 Å². The van der Waals surface area contributed by atoms with E-state index in [0.29, 0.717) is 15.7 Å². The van der Waals surface area contributed by atoms with Crippen molar-refractivity contribution in [1.82, 2.24) is 0 Å². The van der Waals surface area contributed by atoms with E-state index in [4.69, 9.17) is 23.2 Å². The predicted octanol–water partition coefficient (Wildman–Crippen LogP) is 5.24. The Labute approximate surface area is 163 Å². The molecule has 1 N–H and O–H groups in total. The Hall–Kier alpha value is -1.31. The molecule has 0 saturated heterocycles. The van der Waals surface area contributed by atoms with Gasteiger partial charge in [0, 0.05) is 14.5 Å². The highest BCUT2D eigenvalue weighted by Gasteiger charge is 2.39. The van der Waals surface area contributed by atoms with Crippen molar-refractivity contribution < 1.29 is 9.90 Å². The summed E-state index contributed by atoms with van der Waals surface area (Å²) >= 11 is 14.5. The summed E-state index contributed by atoms with van der Waals surface area (Å²) in [6.45, 7) is 1.86. The standard InChI is InChI=1S/C17H13Cl2IN2O2/c1-9-15(17(23)24)21-22(14-7-4-11(18)8-13(14)19)16(9)10-2-5-12(20)6-3-10/h2-9,16H,1H3,(H,23,24)/t9-,16-/m0/s1. The molecule has 3 rings (SSSR count). The number of hydrogen-bond acceptors (Lipinski definition) is 3. The average molecular weight is 475 g/mol. The Morgan fingerprint density at radius 1 is 1.21 bits per heavy atom. The van der Waals surface area contributed by atoms with Gasteiger partial charge in [0.05, 0.1) is 16.8 Å². The van der Waals surface area contributed by atoms with Crippen LogP contribution >= 0.6 is 45.8 Å². The monoisotopic (exact) mass is 474 g/mol. The van der Waals surface area contributed by atoms with Gasteiger partial charge in [-0.2, -0.15) is 5.10 Å². The second kappa shape index (κ2) is 6.90. The summed E-state index contributed by atoms with van der Waals surface area (Å²) in [6.07, 6.45) is 0. The van der Waals surface area contributed by atoms with Crippen molar-refractivity contribution in [2.45, 2.75) is 13.0 Å². The molecular formula is C17H13Cl2IN2O2. The molecule has 0 saturated carbocycles. The molecule has 0 spiro atoms. The van der Waals surface area contributed by atoms with E-state index in [1.54, 1.807) is 23.2 Å². The summed E-state index contributed by atoms with van der Waals surface area (Å²) in [6, 6.07) is 12.8. The Bertz CT molecular complexity index is 824. The van der Waals surface area contributed by atoms with Crippen LogP contribution in [0.1, 0.15) is 18.5 Å². The van der Waals surface area contributed by atoms with Crippen LogP contribution in [0.5, 0.6) is 0 Å². The van der Waals surface area contributed by atoms with Crippen LogP contribution in [-0.2, 0) is 4.79 Å². The van der Waals surface area contributed by atoms with Gasteiger partial charge in [-0.15, -0.1) is 0 Å². The molecule has 4 nitrogen and oxygen atoms in total. The average Bonchev–Trinajstić information content (AvgIpc) is 2.86. The van der Waals surface area contributed by atoms with Gasteiger partial charge in [-0.1, -0.05) is 42.3 Å². The summed E-state index contributed by atoms with van der Waals surface area (Å²) in [4.78, 5) is 11.5. The van der Waals surface area contributed by atoms with E-state index < -0.39 is 5.97 Å². The first-order valence-corrected chi connectivity index (χ1v) is 9.03. The van der Waals surface area contributed by atoms with E-state index in [2.05, 4.69) is 27.7 Å². The lowest BCUT2D eigenvalue weighted by Crippen LogP contribution is -2.26. The molecule has 7 heteroatoms. The molecule has 0 aromatic heterocycles. The third-order valence-electron chi connectivity index (χ3n) is 3.97. The minimum atomic E-state index is -1.02. The highest BCUT2D eigenvalue weighted by molar-refractivity contribution is 14.1. The zero-order valence-electron chi connectivity index (χ0n) is 12.6. The molecule has 0 bridgehead atoms. The van der Waals surface area contributed by atoms with Crippen LogP contribution in [0, 0.1) is 9.49 Å². The molecule has 0 amide bonds. The minimum Gasteiger partial charge on any atom is -0.477 e. The van der Waals surface area contributed by atoms with E-state index in [0.717, 1.165) is 9.13 Å². The van der Waals surface area contributed by atoms with Gasteiger partial charge in [0.25, 0.3) is 0 Å². The molecule has 2 aromatic rings. The van der Waals surface area contributed by atoms with Crippen LogP contribution in [0.2, 0.25) is 10.0 Å². The fourth-order valence-corrected chi connectivity index (χ4v) is 3.68. The zero-order chi connectivity index (χ0) is 17.4. The number of aliphatic carboxylic acids is 1. The first-order chi connectivity index (χ1) is 11.4. The Balaban J connectivity index is 2.11. The van der Waals surface area contributed by atoms with E-state index >= 15 is 0 Å². The number of nitrogens with zero attached hydrogens (tertiary/aromatic N) is 2. The van der Waals surface area contributed by atoms with Gasteiger partial charge in [0.1, 0.15) is 0 Å². The number of carbonyl (C=O) groups is 1. The fraction of sp³-hybridized carbons (Fsp3) is 0.176. The lowest BCUT2D eigenvalue weighted by Gasteiger charge is -2.27. The summed E-state index contributed by atoms with van der Waals surface area (Å²) < 4.78 is 1.11. The Kier molecular flexibility index (Phi) is 5.03. The lowest BCUT2D eigenvalue weighted by atomic mass is 9.91. The minimum absolute atomic E-state index is 0.115. The number of benzene rings is 2. The van der Waals surface area contributed by atoms with Gasteiger partial charge in [-0.3, -0.25) is 5.01 Å². The molecule has 2 atom stereocenters. The first kappa shape index (κ1) is 17.5. The van der Waals surface area contributed by atoms with E-state index in [9.17, 15) is 9.90 Å². The third-order valence-corrected chi connectivity index (χ3v) is 5.23. The normalized spacial score (nSPS) is 20.2. The molecule has 0 radical (unpaired) electrons. The highest BCUT2D eigenvalue weighted by atomic mass is 127. The molecule has 0 aliphatic carbocycles. The molecule has 124 valence electrons. The van der Waals surface area contributed by atoms with E-state index in [1.807, 2.05) is 31.2 Å². The van der Waals surface area contributed by atoms with Crippen molar-refractivity contribution in [1.29, 1.82) is 0 Å². The quantitative estimate of drug-likeness (QED) is 0.619. The van der Waals surface area contributed by atoms with Gasteiger partial charge in [0.15, 0.2) is 5.71 Å². The maximum absolute atomic E-state index is 11.5. The SMILES string of the molecule is C[C@H]1C(C(=O)O)=NN(c2ccc(Cl)cc2Cl)[C@@H]1c1ccc(I)cc1. The van der Waals surface area contributed by atoms with Gasteiger partial charge in [0.2, 0.25) is 0 Å². The van der Waals surface area contributed by atoms with Crippen molar-refractivity contribution in [2.75, 3.05) is 5.01 Å². The van der Waals surface area contributed by atoms with Gasteiger partial charge >= 0.3 is 5.97 Å². The second-order valence-corrected chi connectivity index (χ2v) is 7.61. The van der Waals surface area contributed by atoms with Gasteiger partial charge in [-0.25, -0.2) is 4.79 Å². The maximum Gasteiger partial charge on any atom is 0.352 e. The second-order valence-electron chi connectivity index (χ2n) is 5.52. The van der Waals surface area contributed by atoms with Crippen molar-refractivity contribution in [3.63, 3.8) is 0 Å². The molecule has 2 aromatic carbocycles.